The average molecular weight is 298 g/mol. The van der Waals surface area contributed by atoms with Crippen molar-refractivity contribution in [2.75, 3.05) is 19.6 Å². The van der Waals surface area contributed by atoms with Crippen molar-refractivity contribution in [2.24, 2.45) is 5.92 Å². The van der Waals surface area contributed by atoms with Crippen molar-refractivity contribution in [3.63, 3.8) is 0 Å². The number of nitrogens with zero attached hydrogens (tertiary/aromatic N) is 1. The molecule has 2 aliphatic heterocycles. The molecule has 2 heterocycles. The highest BCUT2D eigenvalue weighted by Crippen LogP contribution is 2.33. The minimum absolute atomic E-state index is 0.166. The molecule has 5 heteroatoms. The van der Waals surface area contributed by atoms with E-state index in [0.29, 0.717) is 12.0 Å². The van der Waals surface area contributed by atoms with Crippen LogP contribution in [-0.2, 0) is 6.18 Å². The van der Waals surface area contributed by atoms with Gasteiger partial charge in [0.05, 0.1) is 5.56 Å². The van der Waals surface area contributed by atoms with Gasteiger partial charge in [0.25, 0.3) is 0 Å². The van der Waals surface area contributed by atoms with E-state index >= 15 is 0 Å². The summed E-state index contributed by atoms with van der Waals surface area (Å²) >= 11 is 0. The number of rotatable bonds is 2. The molecule has 0 amide bonds. The smallest absolute Gasteiger partial charge is 0.312 e. The largest absolute Gasteiger partial charge is 0.416 e. The Hall–Kier alpha value is -1.07. The number of hydrogen-bond acceptors (Lipinski definition) is 2. The first-order chi connectivity index (χ1) is 9.95. The van der Waals surface area contributed by atoms with Crippen molar-refractivity contribution in [1.82, 2.24) is 10.2 Å². The Labute approximate surface area is 123 Å². The predicted octanol–water partition coefficient (Wildman–Crippen LogP) is 3.45. The van der Waals surface area contributed by atoms with E-state index in [1.165, 1.54) is 25.0 Å². The van der Waals surface area contributed by atoms with Crippen LogP contribution in [0.3, 0.4) is 0 Å². The number of piperidine rings is 1. The maximum atomic E-state index is 12.6. The summed E-state index contributed by atoms with van der Waals surface area (Å²) in [4.78, 5) is 2.39. The van der Waals surface area contributed by atoms with E-state index in [4.69, 9.17) is 0 Å². The predicted molar refractivity (Wildman–Crippen MR) is 75.9 cm³/mol. The second-order valence-electron chi connectivity index (χ2n) is 6.21. The Balaban J connectivity index is 1.69. The van der Waals surface area contributed by atoms with Gasteiger partial charge in [-0.05, 0) is 49.9 Å². The first-order valence-electron chi connectivity index (χ1n) is 7.60. The summed E-state index contributed by atoms with van der Waals surface area (Å²) in [6.45, 7) is 5.20. The highest BCUT2D eigenvalue weighted by Gasteiger charge is 2.36. The van der Waals surface area contributed by atoms with Crippen LogP contribution in [0.1, 0.15) is 36.9 Å². The van der Waals surface area contributed by atoms with Crippen LogP contribution in [0.4, 0.5) is 13.2 Å². The van der Waals surface area contributed by atoms with Crippen LogP contribution < -0.4 is 5.32 Å². The molecule has 0 spiro atoms. The number of alkyl halides is 3. The minimum atomic E-state index is -4.26. The van der Waals surface area contributed by atoms with E-state index in [0.717, 1.165) is 25.2 Å². The molecule has 3 atom stereocenters. The van der Waals surface area contributed by atoms with Gasteiger partial charge in [0.1, 0.15) is 0 Å². The molecule has 0 radical (unpaired) electrons. The fourth-order valence-electron chi connectivity index (χ4n) is 3.56. The number of hydrogen-bond donors (Lipinski definition) is 1. The zero-order valence-electron chi connectivity index (χ0n) is 12.2. The third-order valence-electron chi connectivity index (χ3n) is 4.90. The molecule has 2 aliphatic rings. The lowest BCUT2D eigenvalue weighted by Crippen LogP contribution is -2.40. The molecule has 21 heavy (non-hydrogen) atoms. The Morgan fingerprint density at radius 2 is 1.90 bits per heavy atom. The molecule has 0 bridgehead atoms. The van der Waals surface area contributed by atoms with Gasteiger partial charge >= 0.3 is 6.18 Å². The summed E-state index contributed by atoms with van der Waals surface area (Å²) in [6.07, 6.45) is -1.77. The molecule has 0 saturated carbocycles. The third kappa shape index (κ3) is 3.09. The molecule has 1 N–H and O–H groups in total. The zero-order valence-corrected chi connectivity index (χ0v) is 12.2. The van der Waals surface area contributed by atoms with Gasteiger partial charge in [0.15, 0.2) is 0 Å². The zero-order chi connectivity index (χ0) is 15.0. The fourth-order valence-corrected chi connectivity index (χ4v) is 3.56. The van der Waals surface area contributed by atoms with Crippen molar-refractivity contribution in [3.05, 3.63) is 35.4 Å². The summed E-state index contributed by atoms with van der Waals surface area (Å²) in [7, 11) is 0. The summed E-state index contributed by atoms with van der Waals surface area (Å²) in [6, 6.07) is 6.32. The highest BCUT2D eigenvalue weighted by molar-refractivity contribution is 5.26. The maximum Gasteiger partial charge on any atom is 0.416 e. The van der Waals surface area contributed by atoms with Gasteiger partial charge in [-0.3, -0.25) is 4.90 Å². The Kier molecular flexibility index (Phi) is 3.97. The van der Waals surface area contributed by atoms with Crippen molar-refractivity contribution in [3.8, 4) is 0 Å². The number of halogens is 3. The van der Waals surface area contributed by atoms with Crippen LogP contribution in [0.15, 0.2) is 24.3 Å². The van der Waals surface area contributed by atoms with E-state index in [9.17, 15) is 13.2 Å². The summed E-state index contributed by atoms with van der Waals surface area (Å²) in [5.41, 5.74) is 0.386. The SMILES string of the molecule is CC(c1ccc(C(F)(F)F)cc1)N1C[C@@H]2CCCN[C@@H]2C1. The van der Waals surface area contributed by atoms with E-state index in [1.54, 1.807) is 12.1 Å². The van der Waals surface area contributed by atoms with E-state index in [1.807, 2.05) is 0 Å². The van der Waals surface area contributed by atoms with Gasteiger partial charge in [0.2, 0.25) is 0 Å². The van der Waals surface area contributed by atoms with Crippen molar-refractivity contribution < 1.29 is 13.2 Å². The third-order valence-corrected chi connectivity index (χ3v) is 4.90. The van der Waals surface area contributed by atoms with Crippen LogP contribution in [0.5, 0.6) is 0 Å². The monoisotopic (exact) mass is 298 g/mol. The van der Waals surface area contributed by atoms with Gasteiger partial charge in [-0.25, -0.2) is 0 Å². The Bertz CT molecular complexity index is 469. The molecular formula is C16H21F3N2. The Morgan fingerprint density at radius 1 is 1.19 bits per heavy atom. The second kappa shape index (κ2) is 5.61. The van der Waals surface area contributed by atoms with Crippen LogP contribution >= 0.6 is 0 Å². The van der Waals surface area contributed by atoms with E-state index in [-0.39, 0.29) is 6.04 Å². The lowest BCUT2D eigenvalue weighted by molar-refractivity contribution is -0.137. The maximum absolute atomic E-state index is 12.6. The van der Waals surface area contributed by atoms with Gasteiger partial charge in [-0.2, -0.15) is 13.2 Å². The molecule has 2 saturated heterocycles. The molecule has 1 unspecified atom stereocenters. The van der Waals surface area contributed by atoms with Crippen molar-refractivity contribution in [2.45, 2.75) is 38.0 Å². The van der Waals surface area contributed by atoms with Gasteiger partial charge < -0.3 is 5.32 Å². The number of benzene rings is 1. The summed E-state index contributed by atoms with van der Waals surface area (Å²) in [5, 5.41) is 3.56. The molecule has 1 aromatic carbocycles. The quantitative estimate of drug-likeness (QED) is 0.899. The van der Waals surface area contributed by atoms with Crippen LogP contribution in [0, 0.1) is 5.92 Å². The minimum Gasteiger partial charge on any atom is -0.312 e. The molecule has 2 nitrogen and oxygen atoms in total. The number of likely N-dealkylation sites (tertiary alicyclic amines) is 1. The van der Waals surface area contributed by atoms with Crippen LogP contribution in [-0.4, -0.2) is 30.6 Å². The first kappa shape index (κ1) is 14.9. The molecule has 1 aromatic rings. The van der Waals surface area contributed by atoms with Gasteiger partial charge in [-0.15, -0.1) is 0 Å². The Morgan fingerprint density at radius 3 is 2.52 bits per heavy atom. The van der Waals surface area contributed by atoms with Crippen LogP contribution in [0.2, 0.25) is 0 Å². The highest BCUT2D eigenvalue weighted by atomic mass is 19.4. The van der Waals surface area contributed by atoms with E-state index < -0.39 is 11.7 Å². The molecule has 116 valence electrons. The topological polar surface area (TPSA) is 15.3 Å². The van der Waals surface area contributed by atoms with Crippen LogP contribution in [0.25, 0.3) is 0 Å². The van der Waals surface area contributed by atoms with E-state index in [2.05, 4.69) is 17.1 Å². The molecule has 0 aromatic heterocycles. The summed E-state index contributed by atoms with van der Waals surface area (Å²) in [5.74, 6) is 0.690. The lowest BCUT2D eigenvalue weighted by atomic mass is 9.94. The fraction of sp³-hybridized carbons (Fsp3) is 0.625. The number of fused-ring (bicyclic) bond motifs is 1. The summed E-state index contributed by atoms with van der Waals surface area (Å²) < 4.78 is 37.8. The van der Waals surface area contributed by atoms with Gasteiger partial charge in [-0.1, -0.05) is 12.1 Å². The lowest BCUT2D eigenvalue weighted by Gasteiger charge is -2.25. The standard InChI is InChI=1S/C16H21F3N2/c1-11(12-4-6-14(7-5-12)16(17,18)19)21-9-13-3-2-8-20-15(13)10-21/h4-7,11,13,15,20H,2-3,8-10H2,1H3/t11?,13-,15+/m0/s1. The average Bonchev–Trinajstić information content (AvgIpc) is 2.89. The second-order valence-corrected chi connectivity index (χ2v) is 6.21. The van der Waals surface area contributed by atoms with Gasteiger partial charge in [0, 0.05) is 25.2 Å². The van der Waals surface area contributed by atoms with Crippen molar-refractivity contribution in [1.29, 1.82) is 0 Å². The number of nitrogens with one attached hydrogen (secondary N) is 1. The van der Waals surface area contributed by atoms with Crippen molar-refractivity contribution >= 4 is 0 Å². The molecule has 3 rings (SSSR count). The normalized spacial score (nSPS) is 28.4. The molecular weight excluding hydrogens is 277 g/mol. The first-order valence-corrected chi connectivity index (χ1v) is 7.60. The molecule has 0 aliphatic carbocycles. The molecule has 2 fully saturated rings.